The van der Waals surface area contributed by atoms with E-state index in [0.29, 0.717) is 17.9 Å². The minimum atomic E-state index is -0.281. The number of nitrogens with zero attached hydrogens (tertiary/aromatic N) is 1. The Morgan fingerprint density at radius 1 is 0.935 bits per heavy atom. The first-order valence-corrected chi connectivity index (χ1v) is 11.1. The molecule has 0 aliphatic carbocycles. The van der Waals surface area contributed by atoms with Crippen molar-refractivity contribution in [3.8, 4) is 5.75 Å². The first-order chi connectivity index (χ1) is 15.0. The van der Waals surface area contributed by atoms with Gasteiger partial charge in [0.1, 0.15) is 5.75 Å². The third-order valence-corrected chi connectivity index (χ3v) is 5.33. The SMILES string of the molecule is CC(C)Oc1ccc(C(=O)NCC(=O)NCc2ccccc2CN2CCCCC2)cc1. The molecule has 2 aromatic carbocycles. The van der Waals surface area contributed by atoms with Crippen molar-refractivity contribution in [2.24, 2.45) is 0 Å². The van der Waals surface area contributed by atoms with Gasteiger partial charge in [-0.3, -0.25) is 14.5 Å². The molecule has 0 bridgehead atoms. The molecule has 31 heavy (non-hydrogen) atoms. The van der Waals surface area contributed by atoms with Gasteiger partial charge in [-0.05, 0) is 75.2 Å². The molecule has 0 aromatic heterocycles. The third-order valence-electron chi connectivity index (χ3n) is 5.33. The summed E-state index contributed by atoms with van der Waals surface area (Å²) in [6.45, 7) is 7.49. The summed E-state index contributed by atoms with van der Waals surface area (Å²) in [5, 5.41) is 5.60. The number of ether oxygens (including phenoxy) is 1. The molecule has 2 N–H and O–H groups in total. The molecule has 6 heteroatoms. The normalized spacial score (nSPS) is 14.3. The van der Waals surface area contributed by atoms with Crippen molar-refractivity contribution in [2.45, 2.75) is 52.3 Å². The fraction of sp³-hybridized carbons (Fsp3) is 0.440. The number of carbonyl (C=O) groups excluding carboxylic acids is 2. The second kappa shape index (κ2) is 11.5. The standard InChI is InChI=1S/C25H33N3O3/c1-19(2)31-23-12-10-20(11-13-23)25(30)27-17-24(29)26-16-21-8-4-5-9-22(21)18-28-14-6-3-7-15-28/h4-5,8-13,19H,3,6-7,14-18H2,1-2H3,(H,26,29)(H,27,30). The summed E-state index contributed by atoms with van der Waals surface area (Å²) in [5.74, 6) is 0.227. The van der Waals surface area contributed by atoms with Crippen LogP contribution in [-0.2, 0) is 17.9 Å². The van der Waals surface area contributed by atoms with Crippen molar-refractivity contribution in [3.63, 3.8) is 0 Å². The van der Waals surface area contributed by atoms with Crippen molar-refractivity contribution in [3.05, 3.63) is 65.2 Å². The van der Waals surface area contributed by atoms with Crippen LogP contribution in [0.25, 0.3) is 0 Å². The molecule has 2 aromatic rings. The summed E-state index contributed by atoms with van der Waals surface area (Å²) in [4.78, 5) is 27.0. The molecule has 1 heterocycles. The topological polar surface area (TPSA) is 70.7 Å². The van der Waals surface area contributed by atoms with Gasteiger partial charge in [-0.15, -0.1) is 0 Å². The second-order valence-electron chi connectivity index (χ2n) is 8.26. The van der Waals surface area contributed by atoms with Crippen LogP contribution in [0.1, 0.15) is 54.6 Å². The van der Waals surface area contributed by atoms with Gasteiger partial charge < -0.3 is 15.4 Å². The molecule has 6 nitrogen and oxygen atoms in total. The minimum Gasteiger partial charge on any atom is -0.491 e. The van der Waals surface area contributed by atoms with Crippen molar-refractivity contribution in [2.75, 3.05) is 19.6 Å². The number of hydrogen-bond donors (Lipinski definition) is 2. The zero-order chi connectivity index (χ0) is 22.1. The summed E-state index contributed by atoms with van der Waals surface area (Å²) in [6, 6.07) is 15.1. The highest BCUT2D eigenvalue weighted by Crippen LogP contribution is 2.16. The van der Waals surface area contributed by atoms with Crippen LogP contribution in [0.4, 0.5) is 0 Å². The van der Waals surface area contributed by atoms with E-state index < -0.39 is 0 Å². The average Bonchev–Trinajstić information content (AvgIpc) is 2.77. The lowest BCUT2D eigenvalue weighted by Gasteiger charge is -2.27. The molecule has 166 valence electrons. The summed E-state index contributed by atoms with van der Waals surface area (Å²) >= 11 is 0. The van der Waals surface area contributed by atoms with Crippen molar-refractivity contribution in [1.82, 2.24) is 15.5 Å². The van der Waals surface area contributed by atoms with Crippen LogP contribution in [0.3, 0.4) is 0 Å². The van der Waals surface area contributed by atoms with Gasteiger partial charge in [0.25, 0.3) is 5.91 Å². The maximum atomic E-state index is 12.3. The number of hydrogen-bond acceptors (Lipinski definition) is 4. The molecule has 1 aliphatic rings. The lowest BCUT2D eigenvalue weighted by Crippen LogP contribution is -2.37. The van der Waals surface area contributed by atoms with Gasteiger partial charge in [0.15, 0.2) is 0 Å². The summed E-state index contributed by atoms with van der Waals surface area (Å²) in [6.07, 6.45) is 3.90. The zero-order valence-electron chi connectivity index (χ0n) is 18.5. The van der Waals surface area contributed by atoms with Crippen LogP contribution in [-0.4, -0.2) is 42.5 Å². The van der Waals surface area contributed by atoms with Gasteiger partial charge in [-0.25, -0.2) is 0 Å². The Morgan fingerprint density at radius 3 is 2.29 bits per heavy atom. The summed E-state index contributed by atoms with van der Waals surface area (Å²) in [7, 11) is 0. The van der Waals surface area contributed by atoms with Crippen LogP contribution in [0.5, 0.6) is 5.75 Å². The fourth-order valence-electron chi connectivity index (χ4n) is 3.72. The molecule has 0 unspecified atom stereocenters. The predicted molar refractivity (Wildman–Crippen MR) is 122 cm³/mol. The molecular weight excluding hydrogens is 390 g/mol. The highest BCUT2D eigenvalue weighted by Gasteiger charge is 2.13. The Balaban J connectivity index is 1.45. The van der Waals surface area contributed by atoms with Crippen LogP contribution in [0.2, 0.25) is 0 Å². The van der Waals surface area contributed by atoms with E-state index >= 15 is 0 Å². The van der Waals surface area contributed by atoms with E-state index in [2.05, 4.69) is 27.7 Å². The quantitative estimate of drug-likeness (QED) is 0.648. The van der Waals surface area contributed by atoms with Crippen molar-refractivity contribution in [1.29, 1.82) is 0 Å². The maximum Gasteiger partial charge on any atom is 0.251 e. The lowest BCUT2D eigenvalue weighted by atomic mass is 10.0. The molecular formula is C25H33N3O3. The highest BCUT2D eigenvalue weighted by molar-refractivity contribution is 5.96. The first-order valence-electron chi connectivity index (χ1n) is 11.1. The van der Waals surface area contributed by atoms with E-state index in [1.54, 1.807) is 24.3 Å². The van der Waals surface area contributed by atoms with Crippen molar-refractivity contribution < 1.29 is 14.3 Å². The van der Waals surface area contributed by atoms with E-state index in [-0.39, 0.29) is 24.5 Å². The van der Waals surface area contributed by atoms with Gasteiger partial charge in [0, 0.05) is 18.7 Å². The molecule has 1 saturated heterocycles. The molecule has 0 saturated carbocycles. The Labute approximate surface area is 185 Å². The molecule has 1 fully saturated rings. The van der Waals surface area contributed by atoms with Gasteiger partial charge in [0.05, 0.1) is 12.6 Å². The molecule has 0 radical (unpaired) electrons. The average molecular weight is 424 g/mol. The van der Waals surface area contributed by atoms with E-state index in [1.165, 1.54) is 24.8 Å². The number of benzene rings is 2. The summed E-state index contributed by atoms with van der Waals surface area (Å²) in [5.41, 5.74) is 2.86. The molecule has 1 aliphatic heterocycles. The summed E-state index contributed by atoms with van der Waals surface area (Å²) < 4.78 is 5.58. The minimum absolute atomic E-state index is 0.0582. The molecule has 0 spiro atoms. The maximum absolute atomic E-state index is 12.3. The van der Waals surface area contributed by atoms with Crippen LogP contribution in [0.15, 0.2) is 48.5 Å². The van der Waals surface area contributed by atoms with Crippen LogP contribution < -0.4 is 15.4 Å². The Kier molecular flexibility index (Phi) is 8.47. The van der Waals surface area contributed by atoms with Gasteiger partial charge in [-0.1, -0.05) is 30.7 Å². The van der Waals surface area contributed by atoms with E-state index in [0.717, 1.165) is 25.2 Å². The van der Waals surface area contributed by atoms with Gasteiger partial charge >= 0.3 is 0 Å². The third kappa shape index (κ3) is 7.40. The largest absolute Gasteiger partial charge is 0.491 e. The smallest absolute Gasteiger partial charge is 0.251 e. The number of carbonyl (C=O) groups is 2. The van der Waals surface area contributed by atoms with E-state index in [4.69, 9.17) is 4.74 Å². The Morgan fingerprint density at radius 2 is 1.61 bits per heavy atom. The molecule has 3 rings (SSSR count). The van der Waals surface area contributed by atoms with Gasteiger partial charge in [-0.2, -0.15) is 0 Å². The van der Waals surface area contributed by atoms with Crippen LogP contribution in [0, 0.1) is 0 Å². The number of amides is 2. The predicted octanol–water partition coefficient (Wildman–Crippen LogP) is 3.51. The molecule has 2 amide bonds. The molecule has 0 atom stereocenters. The highest BCUT2D eigenvalue weighted by atomic mass is 16.5. The van der Waals surface area contributed by atoms with E-state index in [9.17, 15) is 9.59 Å². The fourth-order valence-corrected chi connectivity index (χ4v) is 3.72. The first kappa shape index (κ1) is 22.8. The Bertz CT molecular complexity index is 859. The second-order valence-corrected chi connectivity index (χ2v) is 8.26. The number of rotatable bonds is 9. The number of nitrogens with one attached hydrogen (secondary N) is 2. The zero-order valence-corrected chi connectivity index (χ0v) is 18.5. The van der Waals surface area contributed by atoms with Gasteiger partial charge in [0.2, 0.25) is 5.91 Å². The van der Waals surface area contributed by atoms with E-state index in [1.807, 2.05) is 26.0 Å². The van der Waals surface area contributed by atoms with Crippen molar-refractivity contribution >= 4 is 11.8 Å². The lowest BCUT2D eigenvalue weighted by molar-refractivity contribution is -0.120. The van der Waals surface area contributed by atoms with Crippen LogP contribution >= 0.6 is 0 Å². The number of likely N-dealkylation sites (tertiary alicyclic amines) is 1. The monoisotopic (exact) mass is 423 g/mol. The Hall–Kier alpha value is -2.86. The number of piperidine rings is 1.